The number of methoxy groups -OCH3 is 1. The Balaban J connectivity index is 2.32. The van der Waals surface area contributed by atoms with E-state index in [0.717, 1.165) is 0 Å². The van der Waals surface area contributed by atoms with Crippen LogP contribution in [0.5, 0.6) is 0 Å². The number of oxazole rings is 1. The Kier molecular flexibility index (Phi) is 2.57. The minimum Gasteiger partial charge on any atom is -0.418 e. The first-order valence-electron chi connectivity index (χ1n) is 4.36. The molecule has 0 bridgehead atoms. The van der Waals surface area contributed by atoms with Gasteiger partial charge in [-0.1, -0.05) is 5.16 Å². The Hall–Kier alpha value is -2.33. The van der Waals surface area contributed by atoms with E-state index in [0.29, 0.717) is 18.1 Å². The quantitative estimate of drug-likeness (QED) is 0.818. The fourth-order valence-electron chi connectivity index (χ4n) is 1.15. The van der Waals surface area contributed by atoms with Crippen LogP contribution in [0.4, 0.5) is 5.88 Å². The van der Waals surface area contributed by atoms with E-state index >= 15 is 0 Å². The van der Waals surface area contributed by atoms with E-state index in [9.17, 15) is 0 Å². The van der Waals surface area contributed by atoms with E-state index in [-0.39, 0.29) is 17.5 Å². The van der Waals surface area contributed by atoms with Gasteiger partial charge >= 0.3 is 0 Å². The number of nitriles is 1. The third-order valence-electron chi connectivity index (χ3n) is 1.82. The van der Waals surface area contributed by atoms with Crippen LogP contribution in [-0.2, 0) is 11.3 Å². The van der Waals surface area contributed by atoms with Crippen molar-refractivity contribution in [2.24, 2.45) is 0 Å². The Bertz CT molecular complexity index is 537. The molecule has 0 amide bonds. The highest BCUT2D eigenvalue weighted by atomic mass is 16.5. The number of anilines is 1. The van der Waals surface area contributed by atoms with Crippen molar-refractivity contribution in [2.45, 2.75) is 6.61 Å². The largest absolute Gasteiger partial charge is 0.418 e. The second kappa shape index (κ2) is 4.04. The molecule has 0 aliphatic heterocycles. The lowest BCUT2D eigenvalue weighted by molar-refractivity contribution is 0.156. The molecule has 0 aliphatic rings. The molecule has 82 valence electrons. The summed E-state index contributed by atoms with van der Waals surface area (Å²) in [5.74, 6) is 0.654. The molecule has 0 aromatic carbocycles. The highest BCUT2D eigenvalue weighted by molar-refractivity contribution is 5.53. The third-order valence-corrected chi connectivity index (χ3v) is 1.82. The normalized spacial score (nSPS) is 10.2. The van der Waals surface area contributed by atoms with Crippen molar-refractivity contribution in [3.05, 3.63) is 17.5 Å². The van der Waals surface area contributed by atoms with Crippen molar-refractivity contribution >= 4 is 5.88 Å². The zero-order valence-electron chi connectivity index (χ0n) is 8.43. The van der Waals surface area contributed by atoms with Crippen molar-refractivity contribution in [3.63, 3.8) is 0 Å². The van der Waals surface area contributed by atoms with Gasteiger partial charge in [-0.25, -0.2) is 0 Å². The summed E-state index contributed by atoms with van der Waals surface area (Å²) in [5.41, 5.74) is 5.83. The highest BCUT2D eigenvalue weighted by Crippen LogP contribution is 2.22. The van der Waals surface area contributed by atoms with Gasteiger partial charge in [-0.15, -0.1) is 0 Å². The number of rotatable bonds is 3. The molecule has 0 radical (unpaired) electrons. The molecular formula is C9H8N4O3. The monoisotopic (exact) mass is 220 g/mol. The van der Waals surface area contributed by atoms with Gasteiger partial charge in [-0.05, 0) is 0 Å². The summed E-state index contributed by atoms with van der Waals surface area (Å²) in [6.45, 7) is 0.300. The first kappa shape index (κ1) is 10.2. The molecule has 0 aliphatic carbocycles. The first-order valence-corrected chi connectivity index (χ1v) is 4.36. The molecule has 0 atom stereocenters. The van der Waals surface area contributed by atoms with Crippen molar-refractivity contribution in [1.29, 1.82) is 5.26 Å². The maximum Gasteiger partial charge on any atom is 0.252 e. The van der Waals surface area contributed by atoms with E-state index in [4.69, 9.17) is 24.7 Å². The number of hydrogen-bond donors (Lipinski definition) is 1. The maximum absolute atomic E-state index is 8.65. The molecule has 2 N–H and O–H groups in total. The molecule has 0 unspecified atom stereocenters. The van der Waals surface area contributed by atoms with Gasteiger partial charge in [-0.3, -0.25) is 0 Å². The zero-order chi connectivity index (χ0) is 11.5. The average molecular weight is 220 g/mol. The van der Waals surface area contributed by atoms with Crippen LogP contribution in [-0.4, -0.2) is 17.3 Å². The van der Waals surface area contributed by atoms with Crippen LogP contribution in [0.3, 0.4) is 0 Å². The lowest BCUT2D eigenvalue weighted by Crippen LogP contribution is -1.84. The molecule has 2 heterocycles. The second-order valence-corrected chi connectivity index (χ2v) is 2.96. The second-order valence-electron chi connectivity index (χ2n) is 2.96. The molecule has 2 aromatic heterocycles. The molecule has 0 saturated heterocycles. The van der Waals surface area contributed by atoms with E-state index in [1.54, 1.807) is 19.2 Å². The molecule has 7 heteroatoms. The minimum atomic E-state index is -0.0335. The Morgan fingerprint density at radius 1 is 1.62 bits per heavy atom. The van der Waals surface area contributed by atoms with Gasteiger partial charge in [-0.2, -0.15) is 10.2 Å². The summed E-state index contributed by atoms with van der Waals surface area (Å²) in [7, 11) is 1.54. The van der Waals surface area contributed by atoms with E-state index in [2.05, 4.69) is 10.1 Å². The van der Waals surface area contributed by atoms with Gasteiger partial charge in [0.05, 0.1) is 0 Å². The molecule has 7 nitrogen and oxygen atoms in total. The lowest BCUT2D eigenvalue weighted by atomic mass is 10.4. The summed E-state index contributed by atoms with van der Waals surface area (Å²) in [6.07, 6.45) is 0. The van der Waals surface area contributed by atoms with Crippen LogP contribution < -0.4 is 5.73 Å². The van der Waals surface area contributed by atoms with Crippen LogP contribution >= 0.6 is 0 Å². The highest BCUT2D eigenvalue weighted by Gasteiger charge is 2.15. The Labute approximate surface area is 90.4 Å². The summed E-state index contributed by atoms with van der Waals surface area (Å²) < 4.78 is 14.9. The van der Waals surface area contributed by atoms with Crippen molar-refractivity contribution < 1.29 is 13.7 Å². The number of nitrogens with two attached hydrogens (primary N) is 1. The standard InChI is InChI=1S/C9H8N4O3/c1-14-4-5-2-6(13-16-5)9-12-7(3-10)8(11)15-9/h2H,4,11H2,1H3. The smallest absolute Gasteiger partial charge is 0.252 e. The van der Waals surface area contributed by atoms with Crippen molar-refractivity contribution in [2.75, 3.05) is 12.8 Å². The fraction of sp³-hybridized carbons (Fsp3) is 0.222. The number of aromatic nitrogens is 2. The molecule has 0 fully saturated rings. The van der Waals surface area contributed by atoms with Crippen LogP contribution in [0.15, 0.2) is 15.0 Å². The van der Waals surface area contributed by atoms with E-state index in [1.807, 2.05) is 0 Å². The number of hydrogen-bond acceptors (Lipinski definition) is 7. The van der Waals surface area contributed by atoms with Crippen LogP contribution in [0, 0.1) is 11.3 Å². The van der Waals surface area contributed by atoms with Crippen LogP contribution in [0.2, 0.25) is 0 Å². The zero-order valence-corrected chi connectivity index (χ0v) is 8.43. The SMILES string of the molecule is COCc1cc(-c2nc(C#N)c(N)o2)no1. The third kappa shape index (κ3) is 1.74. The lowest BCUT2D eigenvalue weighted by Gasteiger charge is -1.87. The molecule has 2 rings (SSSR count). The maximum atomic E-state index is 8.65. The first-order chi connectivity index (χ1) is 7.74. The topological polar surface area (TPSA) is 111 Å². The Morgan fingerprint density at radius 2 is 2.44 bits per heavy atom. The van der Waals surface area contributed by atoms with Crippen molar-refractivity contribution in [1.82, 2.24) is 10.1 Å². The van der Waals surface area contributed by atoms with Gasteiger partial charge < -0.3 is 19.4 Å². The van der Waals surface area contributed by atoms with E-state index in [1.165, 1.54) is 0 Å². The molecular weight excluding hydrogens is 212 g/mol. The molecule has 0 spiro atoms. The Morgan fingerprint density at radius 3 is 3.06 bits per heavy atom. The van der Waals surface area contributed by atoms with E-state index < -0.39 is 0 Å². The summed E-state index contributed by atoms with van der Waals surface area (Å²) in [5, 5.41) is 12.4. The van der Waals surface area contributed by atoms with Gasteiger partial charge in [0.15, 0.2) is 11.5 Å². The van der Waals surface area contributed by atoms with Gasteiger partial charge in [0, 0.05) is 13.2 Å². The molecule has 0 saturated carbocycles. The van der Waals surface area contributed by atoms with Crippen LogP contribution in [0.1, 0.15) is 11.5 Å². The summed E-state index contributed by atoms with van der Waals surface area (Å²) in [6, 6.07) is 3.41. The fourth-order valence-corrected chi connectivity index (χ4v) is 1.15. The molecule has 16 heavy (non-hydrogen) atoms. The van der Waals surface area contributed by atoms with Crippen molar-refractivity contribution in [3.8, 4) is 17.7 Å². The average Bonchev–Trinajstić information content (AvgIpc) is 2.85. The van der Waals surface area contributed by atoms with Crippen LogP contribution in [0.25, 0.3) is 11.6 Å². The van der Waals surface area contributed by atoms with Gasteiger partial charge in [0.25, 0.3) is 5.89 Å². The number of nitrogen functional groups attached to an aromatic ring is 1. The summed E-state index contributed by atoms with van der Waals surface area (Å²) in [4.78, 5) is 3.86. The van der Waals surface area contributed by atoms with Gasteiger partial charge in [0.1, 0.15) is 12.7 Å². The minimum absolute atomic E-state index is 0.0335. The number of ether oxygens (including phenoxy) is 1. The van der Waals surface area contributed by atoms with Gasteiger partial charge in [0.2, 0.25) is 11.6 Å². The number of nitrogens with zero attached hydrogens (tertiary/aromatic N) is 3. The predicted molar refractivity (Wildman–Crippen MR) is 51.8 cm³/mol. The predicted octanol–water partition coefficient (Wildman–Crippen LogP) is 0.930. The molecule has 2 aromatic rings. The summed E-state index contributed by atoms with van der Waals surface area (Å²) >= 11 is 0.